The van der Waals surface area contributed by atoms with Crippen LogP contribution in [0.4, 0.5) is 5.69 Å². The Morgan fingerprint density at radius 3 is 2.62 bits per heavy atom. The van der Waals surface area contributed by atoms with Crippen molar-refractivity contribution in [3.8, 4) is 5.75 Å². The average molecular weight is 462 g/mol. The fourth-order valence-corrected chi connectivity index (χ4v) is 6.43. The monoisotopic (exact) mass is 461 g/mol. The Bertz CT molecular complexity index is 889. The highest BCUT2D eigenvalue weighted by Gasteiger charge is 2.27. The summed E-state index contributed by atoms with van der Waals surface area (Å²) in [5.74, 6) is 0.905. The van der Waals surface area contributed by atoms with Crippen molar-refractivity contribution < 1.29 is 15.0 Å². The molecule has 2 aliphatic heterocycles. The van der Waals surface area contributed by atoms with Gasteiger partial charge in [0.25, 0.3) is 5.91 Å². The molecule has 1 saturated heterocycles. The van der Waals surface area contributed by atoms with Gasteiger partial charge < -0.3 is 25.7 Å². The van der Waals surface area contributed by atoms with Crippen LogP contribution in [0.3, 0.4) is 0 Å². The first-order chi connectivity index (χ1) is 15.0. The summed E-state index contributed by atoms with van der Waals surface area (Å²) in [7, 11) is -0.372. The van der Waals surface area contributed by atoms with Gasteiger partial charge in [0.2, 0.25) is 0 Å². The minimum atomic E-state index is -0.372. The Morgan fingerprint density at radius 2 is 1.97 bits per heavy atom. The van der Waals surface area contributed by atoms with Gasteiger partial charge in [-0.15, -0.1) is 0 Å². The molecule has 2 aliphatic rings. The summed E-state index contributed by atoms with van der Waals surface area (Å²) in [5, 5.41) is 31.7. The number of carbonyl (C=O) groups is 1. The third-order valence-corrected chi connectivity index (χ3v) is 7.92. The molecule has 4 N–H and O–H groups in total. The number of thiol groups is 1. The molecule has 1 fully saturated rings. The molecule has 2 heterocycles. The lowest BCUT2D eigenvalue weighted by molar-refractivity contribution is 0.0618. The Kier molecular flexibility index (Phi) is 7.50. The SMILES string of the molecule is CC(C)(C)NC1=C[SH](CC(C)(C)Nc2ccc(C(=O)N3CCCC(CO)C3)c(O)c2)C=C1. The molecular weight excluding hydrogens is 422 g/mol. The van der Waals surface area contributed by atoms with E-state index in [4.69, 9.17) is 0 Å². The van der Waals surface area contributed by atoms with Crippen LogP contribution in [0, 0.1) is 5.92 Å². The van der Waals surface area contributed by atoms with E-state index in [9.17, 15) is 15.0 Å². The zero-order chi connectivity index (χ0) is 23.5. The molecule has 1 amide bonds. The number of anilines is 1. The van der Waals surface area contributed by atoms with Crippen molar-refractivity contribution in [1.82, 2.24) is 10.2 Å². The number of nitrogens with one attached hydrogen (secondary N) is 2. The number of amides is 1. The molecule has 2 unspecified atom stereocenters. The largest absolute Gasteiger partial charge is 0.507 e. The van der Waals surface area contributed by atoms with Gasteiger partial charge in [-0.1, -0.05) is 0 Å². The summed E-state index contributed by atoms with van der Waals surface area (Å²) < 4.78 is 0. The highest BCUT2D eigenvalue weighted by Crippen LogP contribution is 2.39. The van der Waals surface area contributed by atoms with E-state index < -0.39 is 0 Å². The molecule has 3 rings (SSSR count). The molecule has 1 aromatic rings. The lowest BCUT2D eigenvalue weighted by Crippen LogP contribution is -2.41. The maximum Gasteiger partial charge on any atom is 0.257 e. The number of aliphatic hydroxyl groups excluding tert-OH is 1. The van der Waals surface area contributed by atoms with E-state index in [2.05, 4.69) is 62.1 Å². The summed E-state index contributed by atoms with van der Waals surface area (Å²) in [5.41, 5.74) is 2.16. The Balaban J connectivity index is 1.62. The topological polar surface area (TPSA) is 84.8 Å². The predicted octanol–water partition coefficient (Wildman–Crippen LogP) is 4.19. The molecule has 2 atom stereocenters. The molecule has 32 heavy (non-hydrogen) atoms. The van der Waals surface area contributed by atoms with Crippen molar-refractivity contribution >= 4 is 22.5 Å². The number of hydrogen-bond acceptors (Lipinski definition) is 5. The zero-order valence-corrected chi connectivity index (χ0v) is 20.9. The van der Waals surface area contributed by atoms with Crippen molar-refractivity contribution in [2.75, 3.05) is 30.8 Å². The van der Waals surface area contributed by atoms with Gasteiger partial charge >= 0.3 is 0 Å². The normalized spacial score (nSPS) is 22.6. The number of phenols is 1. The van der Waals surface area contributed by atoms with Crippen LogP contribution in [-0.4, -0.2) is 57.5 Å². The van der Waals surface area contributed by atoms with Crippen molar-refractivity contribution in [1.29, 1.82) is 0 Å². The Hall–Kier alpha value is -2.12. The fourth-order valence-electron chi connectivity index (χ4n) is 4.29. The number of benzene rings is 1. The van der Waals surface area contributed by atoms with Gasteiger partial charge in [0.05, 0.1) is 5.56 Å². The molecule has 0 saturated carbocycles. The third-order valence-electron chi connectivity index (χ3n) is 5.62. The van der Waals surface area contributed by atoms with Gasteiger partial charge in [0.1, 0.15) is 5.75 Å². The molecular formula is C25H39N3O3S. The second kappa shape index (κ2) is 9.79. The Morgan fingerprint density at radius 1 is 1.22 bits per heavy atom. The van der Waals surface area contributed by atoms with E-state index in [1.54, 1.807) is 17.0 Å². The van der Waals surface area contributed by atoms with Gasteiger partial charge in [0, 0.05) is 54.0 Å². The standard InChI is InChI=1S/C25H39N3O3S/c1-24(2,3)26-20-10-12-32(16-20)17-25(4,5)27-19-8-9-21(22(30)13-19)23(31)28-11-6-7-18(14-28)15-29/h8-10,12-13,16,18,26-27,29-30,32H,6-7,11,14-15,17H2,1-5H3. The first-order valence-corrected chi connectivity index (χ1v) is 13.1. The van der Waals surface area contributed by atoms with Gasteiger partial charge in [-0.25, -0.2) is 10.9 Å². The minimum absolute atomic E-state index is 0.00930. The highest BCUT2D eigenvalue weighted by atomic mass is 32.2. The van der Waals surface area contributed by atoms with Crippen LogP contribution in [0.25, 0.3) is 0 Å². The summed E-state index contributed by atoms with van der Waals surface area (Å²) in [6, 6.07) is 5.20. The van der Waals surface area contributed by atoms with E-state index in [1.807, 2.05) is 6.07 Å². The second-order valence-electron chi connectivity index (χ2n) is 10.6. The van der Waals surface area contributed by atoms with Crippen LogP contribution in [-0.2, 0) is 0 Å². The van der Waals surface area contributed by atoms with E-state index in [0.717, 1.165) is 24.3 Å². The van der Waals surface area contributed by atoms with Crippen LogP contribution < -0.4 is 10.6 Å². The molecule has 6 nitrogen and oxygen atoms in total. The first-order valence-electron chi connectivity index (χ1n) is 11.4. The van der Waals surface area contributed by atoms with Crippen molar-refractivity contribution in [2.24, 2.45) is 5.92 Å². The molecule has 7 heteroatoms. The lowest BCUT2D eigenvalue weighted by atomic mass is 9.98. The summed E-state index contributed by atoms with van der Waals surface area (Å²) in [4.78, 5) is 14.6. The van der Waals surface area contributed by atoms with Crippen LogP contribution in [0.1, 0.15) is 57.8 Å². The molecule has 178 valence electrons. The quantitative estimate of drug-likeness (QED) is 0.393. The smallest absolute Gasteiger partial charge is 0.257 e. The molecule has 0 bridgehead atoms. The van der Waals surface area contributed by atoms with E-state index in [-0.39, 0.29) is 46.2 Å². The fraction of sp³-hybridized carbons (Fsp3) is 0.560. The van der Waals surface area contributed by atoms with Crippen LogP contribution in [0.15, 0.2) is 40.8 Å². The number of piperidine rings is 1. The molecule has 0 spiro atoms. The number of carbonyl (C=O) groups excluding carboxylic acids is 1. The Labute approximate surface area is 195 Å². The number of nitrogens with zero attached hydrogens (tertiary/aromatic N) is 1. The van der Waals surface area contributed by atoms with Gasteiger partial charge in [0.15, 0.2) is 0 Å². The molecule has 0 aliphatic carbocycles. The van der Waals surface area contributed by atoms with Crippen LogP contribution in [0.2, 0.25) is 0 Å². The molecule has 1 aromatic carbocycles. The number of aliphatic hydroxyl groups is 1. The molecule has 0 radical (unpaired) electrons. The number of phenolic OH excluding ortho intramolecular Hbond substituents is 1. The maximum absolute atomic E-state index is 12.9. The van der Waals surface area contributed by atoms with Crippen molar-refractivity contribution in [3.05, 3.63) is 46.4 Å². The van der Waals surface area contributed by atoms with Gasteiger partial charge in [-0.3, -0.25) is 4.79 Å². The van der Waals surface area contributed by atoms with Gasteiger partial charge in [-0.05, 0) is 82.4 Å². The summed E-state index contributed by atoms with van der Waals surface area (Å²) in [6.45, 7) is 12.1. The van der Waals surface area contributed by atoms with Crippen molar-refractivity contribution in [2.45, 2.75) is 58.5 Å². The summed E-state index contributed by atoms with van der Waals surface area (Å²) in [6.07, 6.45) is 3.98. The van der Waals surface area contributed by atoms with Crippen LogP contribution >= 0.6 is 10.9 Å². The van der Waals surface area contributed by atoms with E-state index in [0.29, 0.717) is 18.7 Å². The number of hydrogen-bond donors (Lipinski definition) is 5. The second-order valence-corrected chi connectivity index (χ2v) is 12.5. The molecule has 0 aromatic heterocycles. The van der Waals surface area contributed by atoms with Gasteiger partial charge in [-0.2, -0.15) is 0 Å². The van der Waals surface area contributed by atoms with E-state index in [1.165, 1.54) is 5.70 Å². The summed E-state index contributed by atoms with van der Waals surface area (Å²) >= 11 is 0. The first kappa shape index (κ1) is 24.5. The lowest BCUT2D eigenvalue weighted by Gasteiger charge is -2.32. The predicted molar refractivity (Wildman–Crippen MR) is 135 cm³/mol. The number of likely N-dealkylation sites (tertiary alicyclic amines) is 1. The van der Waals surface area contributed by atoms with E-state index >= 15 is 0 Å². The maximum atomic E-state index is 12.9. The minimum Gasteiger partial charge on any atom is -0.507 e. The zero-order valence-electron chi connectivity index (χ0n) is 20.0. The highest BCUT2D eigenvalue weighted by molar-refractivity contribution is 8.22. The average Bonchev–Trinajstić information content (AvgIpc) is 3.11. The third kappa shape index (κ3) is 6.69. The number of allylic oxidation sites excluding steroid dienone is 1. The van der Waals surface area contributed by atoms with Crippen LogP contribution in [0.5, 0.6) is 5.75 Å². The number of aromatic hydroxyl groups is 1. The van der Waals surface area contributed by atoms with Crippen molar-refractivity contribution in [3.63, 3.8) is 0 Å². The number of rotatable bonds is 7.